The second-order valence-corrected chi connectivity index (χ2v) is 8.35. The van der Waals surface area contributed by atoms with Gasteiger partial charge in [-0.1, -0.05) is 18.2 Å². The Hall–Kier alpha value is -5.00. The van der Waals surface area contributed by atoms with Crippen molar-refractivity contribution < 1.29 is 18.0 Å². The molecule has 5 rings (SSSR count). The molecule has 3 heterocycles. The zero-order chi connectivity index (χ0) is 26.7. The van der Waals surface area contributed by atoms with E-state index in [9.17, 15) is 18.0 Å². The summed E-state index contributed by atoms with van der Waals surface area (Å²) in [5.41, 5.74) is 1.84. The van der Waals surface area contributed by atoms with E-state index in [1.807, 2.05) is 12.1 Å². The molecule has 12 heteroatoms. The fourth-order valence-electron chi connectivity index (χ4n) is 3.78. The number of hydrogen-bond acceptors (Lipinski definition) is 6. The Morgan fingerprint density at radius 3 is 2.39 bits per heavy atom. The van der Waals surface area contributed by atoms with Crippen LogP contribution in [0.4, 0.5) is 35.2 Å². The minimum atomic E-state index is -4.51. The summed E-state index contributed by atoms with van der Waals surface area (Å²) in [5, 5.41) is 13.4. The summed E-state index contributed by atoms with van der Waals surface area (Å²) in [7, 11) is 1.78. The van der Waals surface area contributed by atoms with Crippen molar-refractivity contribution in [2.45, 2.75) is 12.7 Å². The van der Waals surface area contributed by atoms with Crippen molar-refractivity contribution >= 4 is 34.3 Å². The molecule has 0 spiro atoms. The van der Waals surface area contributed by atoms with Gasteiger partial charge in [0.05, 0.1) is 17.1 Å². The normalized spacial score (nSPS) is 11.4. The minimum Gasteiger partial charge on any atom is -0.365 e. The van der Waals surface area contributed by atoms with Crippen molar-refractivity contribution in [3.8, 4) is 11.4 Å². The summed E-state index contributed by atoms with van der Waals surface area (Å²) in [6.07, 6.45) is 0.598. The molecule has 0 aliphatic rings. The number of alkyl halides is 3. The Morgan fingerprint density at radius 2 is 1.66 bits per heavy atom. The molecule has 0 atom stereocenters. The molecule has 0 aliphatic heterocycles. The highest BCUT2D eigenvalue weighted by molar-refractivity contribution is 6.00. The maximum atomic E-state index is 13.0. The van der Waals surface area contributed by atoms with Crippen molar-refractivity contribution in [2.24, 2.45) is 7.05 Å². The fraction of sp³-hybridized carbons (Fsp3) is 0.115. The molecule has 0 saturated heterocycles. The highest BCUT2D eigenvalue weighted by Crippen LogP contribution is 2.31. The van der Waals surface area contributed by atoms with Gasteiger partial charge in [-0.05, 0) is 48.0 Å². The first-order valence-electron chi connectivity index (χ1n) is 11.4. The SMILES string of the molecule is Cn1ncc2c(NCc3ccncc3)nc(-c3cccc(NC(=O)Nc4cccc(C(F)(F)F)c4)c3)nc21. The molecule has 192 valence electrons. The molecular weight excluding hydrogens is 497 g/mol. The van der Waals surface area contributed by atoms with Crippen molar-refractivity contribution in [1.29, 1.82) is 0 Å². The quantitative estimate of drug-likeness (QED) is 0.266. The van der Waals surface area contributed by atoms with Crippen molar-refractivity contribution in [3.05, 3.63) is 90.4 Å². The van der Waals surface area contributed by atoms with Gasteiger partial charge in [-0.25, -0.2) is 14.8 Å². The van der Waals surface area contributed by atoms with Gasteiger partial charge in [-0.3, -0.25) is 9.67 Å². The van der Waals surface area contributed by atoms with Gasteiger partial charge in [0.25, 0.3) is 0 Å². The second-order valence-electron chi connectivity index (χ2n) is 8.35. The van der Waals surface area contributed by atoms with E-state index >= 15 is 0 Å². The number of nitrogens with one attached hydrogen (secondary N) is 3. The van der Waals surface area contributed by atoms with E-state index in [1.165, 1.54) is 12.1 Å². The molecule has 0 saturated carbocycles. The lowest BCUT2D eigenvalue weighted by atomic mass is 10.2. The summed E-state index contributed by atoms with van der Waals surface area (Å²) >= 11 is 0. The van der Waals surface area contributed by atoms with Crippen LogP contribution in [0.5, 0.6) is 0 Å². The Morgan fingerprint density at radius 1 is 0.947 bits per heavy atom. The van der Waals surface area contributed by atoms with Crippen LogP contribution in [0.2, 0.25) is 0 Å². The fourth-order valence-corrected chi connectivity index (χ4v) is 3.78. The predicted octanol–water partition coefficient (Wildman–Crippen LogP) is 5.70. The number of nitrogens with zero attached hydrogens (tertiary/aromatic N) is 5. The number of carbonyl (C=O) groups is 1. The topological polar surface area (TPSA) is 110 Å². The molecule has 2 amide bonds. The Balaban J connectivity index is 1.37. The van der Waals surface area contributed by atoms with Crippen LogP contribution in [0.1, 0.15) is 11.1 Å². The molecule has 3 N–H and O–H groups in total. The van der Waals surface area contributed by atoms with E-state index in [0.717, 1.165) is 23.1 Å². The van der Waals surface area contributed by atoms with Gasteiger partial charge in [0.1, 0.15) is 5.82 Å². The van der Waals surface area contributed by atoms with Crippen LogP contribution >= 0.6 is 0 Å². The molecule has 0 aliphatic carbocycles. The molecule has 5 aromatic rings. The number of fused-ring (bicyclic) bond motifs is 1. The van der Waals surface area contributed by atoms with E-state index in [0.29, 0.717) is 35.1 Å². The monoisotopic (exact) mass is 518 g/mol. The zero-order valence-corrected chi connectivity index (χ0v) is 20.0. The van der Waals surface area contributed by atoms with E-state index < -0.39 is 17.8 Å². The number of hydrogen-bond donors (Lipinski definition) is 3. The smallest absolute Gasteiger partial charge is 0.365 e. The lowest BCUT2D eigenvalue weighted by molar-refractivity contribution is -0.137. The van der Waals surface area contributed by atoms with E-state index in [-0.39, 0.29) is 5.69 Å². The first-order valence-corrected chi connectivity index (χ1v) is 11.4. The lowest BCUT2D eigenvalue weighted by Crippen LogP contribution is -2.19. The number of aryl methyl sites for hydroxylation is 1. The molecule has 0 bridgehead atoms. The lowest BCUT2D eigenvalue weighted by Gasteiger charge is -2.12. The van der Waals surface area contributed by atoms with Crippen LogP contribution in [0, 0.1) is 0 Å². The van der Waals surface area contributed by atoms with Crippen LogP contribution in [-0.4, -0.2) is 30.8 Å². The molecule has 0 fully saturated rings. The van der Waals surface area contributed by atoms with Gasteiger partial charge in [0.15, 0.2) is 11.5 Å². The van der Waals surface area contributed by atoms with Crippen LogP contribution in [0.3, 0.4) is 0 Å². The summed E-state index contributed by atoms with van der Waals surface area (Å²) in [6, 6.07) is 14.4. The summed E-state index contributed by atoms with van der Waals surface area (Å²) in [5.74, 6) is 0.996. The average molecular weight is 519 g/mol. The molecule has 9 nitrogen and oxygen atoms in total. The van der Waals surface area contributed by atoms with Gasteiger partial charge < -0.3 is 16.0 Å². The highest BCUT2D eigenvalue weighted by atomic mass is 19.4. The van der Waals surface area contributed by atoms with E-state index in [4.69, 9.17) is 4.98 Å². The van der Waals surface area contributed by atoms with Crippen LogP contribution in [-0.2, 0) is 19.8 Å². The third-order valence-electron chi connectivity index (χ3n) is 5.63. The van der Waals surface area contributed by atoms with E-state index in [1.54, 1.807) is 54.6 Å². The predicted molar refractivity (Wildman–Crippen MR) is 137 cm³/mol. The molecule has 3 aromatic heterocycles. The minimum absolute atomic E-state index is 0.0170. The van der Waals surface area contributed by atoms with Crippen LogP contribution < -0.4 is 16.0 Å². The standard InChI is InChI=1S/C26H21F3N8O/c1-37-24-21(15-32-37)23(31-14-16-8-10-30-11-9-16)35-22(36-24)17-4-2-6-19(12-17)33-25(38)34-20-7-3-5-18(13-20)26(27,28)29/h2-13,15H,14H2,1H3,(H,31,35,36)(H2,33,34,38). The molecule has 38 heavy (non-hydrogen) atoms. The van der Waals surface area contributed by atoms with Crippen molar-refractivity contribution in [1.82, 2.24) is 24.7 Å². The maximum Gasteiger partial charge on any atom is 0.416 e. The van der Waals surface area contributed by atoms with Gasteiger partial charge in [-0.2, -0.15) is 18.3 Å². The maximum absolute atomic E-state index is 13.0. The number of anilines is 3. The third-order valence-corrected chi connectivity index (χ3v) is 5.63. The number of benzene rings is 2. The van der Waals surface area contributed by atoms with Crippen molar-refractivity contribution in [2.75, 3.05) is 16.0 Å². The first-order chi connectivity index (χ1) is 18.3. The average Bonchev–Trinajstić information content (AvgIpc) is 3.28. The van der Waals surface area contributed by atoms with Crippen LogP contribution in [0.25, 0.3) is 22.4 Å². The molecule has 2 aromatic carbocycles. The number of carbonyl (C=O) groups excluding carboxylic acids is 1. The number of urea groups is 1. The third kappa shape index (κ3) is 5.53. The summed E-state index contributed by atoms with van der Waals surface area (Å²) in [6.45, 7) is 0.514. The molecule has 0 unspecified atom stereocenters. The number of aromatic nitrogens is 5. The van der Waals surface area contributed by atoms with Gasteiger partial charge >= 0.3 is 12.2 Å². The molecular formula is C26H21F3N8O. The highest BCUT2D eigenvalue weighted by Gasteiger charge is 2.30. The van der Waals surface area contributed by atoms with Gasteiger partial charge in [0, 0.05) is 42.9 Å². The molecule has 0 radical (unpaired) electrons. The summed E-state index contributed by atoms with van der Waals surface area (Å²) in [4.78, 5) is 25.9. The van der Waals surface area contributed by atoms with Gasteiger partial charge in [-0.15, -0.1) is 0 Å². The van der Waals surface area contributed by atoms with Crippen molar-refractivity contribution in [3.63, 3.8) is 0 Å². The second kappa shape index (κ2) is 10.2. The number of halogens is 3. The number of pyridine rings is 1. The Kier molecular flexibility index (Phi) is 6.60. The number of rotatable bonds is 6. The largest absolute Gasteiger partial charge is 0.416 e. The Bertz CT molecular complexity index is 1600. The first kappa shape index (κ1) is 24.7. The summed E-state index contributed by atoms with van der Waals surface area (Å²) < 4.78 is 40.6. The Labute approximate surface area is 214 Å². The van der Waals surface area contributed by atoms with Crippen LogP contribution in [0.15, 0.2) is 79.3 Å². The van der Waals surface area contributed by atoms with E-state index in [2.05, 4.69) is 31.0 Å². The zero-order valence-electron chi connectivity index (χ0n) is 20.0. The number of amides is 2. The van der Waals surface area contributed by atoms with Gasteiger partial charge in [0.2, 0.25) is 0 Å².